The van der Waals surface area contributed by atoms with Crippen LogP contribution < -0.4 is 15.4 Å². The number of hydrogen-bond acceptors (Lipinski definition) is 4. The highest BCUT2D eigenvalue weighted by Crippen LogP contribution is 2.41. The van der Waals surface area contributed by atoms with E-state index in [4.69, 9.17) is 9.73 Å². The molecule has 1 saturated carbocycles. The molecule has 1 atom stereocenters. The lowest BCUT2D eigenvalue weighted by Gasteiger charge is -2.27. The summed E-state index contributed by atoms with van der Waals surface area (Å²) < 4.78 is 45.9. The van der Waals surface area contributed by atoms with Gasteiger partial charge >= 0.3 is 6.36 Å². The molecule has 0 aromatic heterocycles. The average molecular weight is 559 g/mol. The summed E-state index contributed by atoms with van der Waals surface area (Å²) in [5.74, 6) is 0.288. The van der Waals surface area contributed by atoms with Crippen LogP contribution in [-0.2, 0) is 4.74 Å². The first-order valence-electron chi connectivity index (χ1n) is 10.3. The third kappa shape index (κ3) is 9.82. The Labute approximate surface area is 199 Å². The van der Waals surface area contributed by atoms with Gasteiger partial charge in [-0.15, -0.1) is 37.1 Å². The van der Waals surface area contributed by atoms with Gasteiger partial charge in [-0.05, 0) is 49.3 Å². The molecule has 3 N–H and O–H groups in total. The molecular formula is C21H33F3IN3O3. The number of halogens is 4. The number of benzene rings is 1. The van der Waals surface area contributed by atoms with Gasteiger partial charge < -0.3 is 25.2 Å². The molecule has 0 heterocycles. The fourth-order valence-corrected chi connectivity index (χ4v) is 3.72. The molecule has 0 saturated heterocycles. The molecule has 1 aromatic rings. The molecule has 2 rings (SSSR count). The van der Waals surface area contributed by atoms with Crippen molar-refractivity contribution < 1.29 is 27.8 Å². The highest BCUT2D eigenvalue weighted by molar-refractivity contribution is 14.0. The zero-order valence-electron chi connectivity index (χ0n) is 18.0. The normalized spacial score (nSPS) is 17.0. The molecule has 1 aliphatic carbocycles. The summed E-state index contributed by atoms with van der Waals surface area (Å²) in [6, 6.07) is 5.20. The lowest BCUT2D eigenvalue weighted by molar-refractivity contribution is -0.274. The van der Waals surface area contributed by atoms with E-state index in [-0.39, 0.29) is 41.7 Å². The molecule has 0 radical (unpaired) electrons. The van der Waals surface area contributed by atoms with E-state index in [2.05, 4.69) is 15.4 Å². The number of hydrogen-bond donors (Lipinski definition) is 3. The summed E-state index contributed by atoms with van der Waals surface area (Å²) in [4.78, 5) is 4.72. The zero-order chi connectivity index (χ0) is 22.0. The van der Waals surface area contributed by atoms with Gasteiger partial charge in [-0.3, -0.25) is 4.99 Å². The molecule has 0 aliphatic heterocycles. The topological polar surface area (TPSA) is 75.1 Å². The molecule has 178 valence electrons. The highest BCUT2D eigenvalue weighted by atomic mass is 127. The van der Waals surface area contributed by atoms with Gasteiger partial charge in [0.2, 0.25) is 0 Å². The largest absolute Gasteiger partial charge is 0.573 e. The van der Waals surface area contributed by atoms with Crippen LogP contribution in [0.1, 0.15) is 50.7 Å². The predicted molar refractivity (Wildman–Crippen MR) is 125 cm³/mol. The van der Waals surface area contributed by atoms with Gasteiger partial charge in [0.15, 0.2) is 5.96 Å². The Balaban J connectivity index is 0.00000480. The molecule has 1 aliphatic rings. The summed E-state index contributed by atoms with van der Waals surface area (Å²) in [6.07, 6.45) is 0.0110. The number of nitrogens with one attached hydrogen (secondary N) is 2. The van der Waals surface area contributed by atoms with Crippen molar-refractivity contribution in [1.82, 2.24) is 10.6 Å². The minimum Gasteiger partial charge on any atom is -0.406 e. The van der Waals surface area contributed by atoms with E-state index in [0.29, 0.717) is 31.2 Å². The molecule has 1 aromatic carbocycles. The standard InChI is InChI=1S/C21H32F3N3O3.HI/c1-3-25-19(27-15-20(12-13-29-2)10-4-5-11-20)26-14-18(28)16-6-8-17(9-7-16)30-21(22,23)24;/h6-9,18,28H,3-5,10-15H2,1-2H3,(H2,25,26,27);1H. The zero-order valence-corrected chi connectivity index (χ0v) is 20.3. The summed E-state index contributed by atoms with van der Waals surface area (Å²) in [7, 11) is 1.71. The number of aliphatic imine (C=N–C) groups is 1. The van der Waals surface area contributed by atoms with E-state index in [1.54, 1.807) is 7.11 Å². The van der Waals surface area contributed by atoms with Crippen molar-refractivity contribution in [3.05, 3.63) is 29.8 Å². The first kappa shape index (κ1) is 27.8. The van der Waals surface area contributed by atoms with Gasteiger partial charge in [0, 0.05) is 33.4 Å². The molecule has 6 nitrogen and oxygen atoms in total. The number of rotatable bonds is 10. The van der Waals surface area contributed by atoms with Crippen LogP contribution in [0.2, 0.25) is 0 Å². The first-order valence-corrected chi connectivity index (χ1v) is 10.3. The van der Waals surface area contributed by atoms with Crippen LogP contribution in [0.4, 0.5) is 13.2 Å². The molecule has 0 spiro atoms. The van der Waals surface area contributed by atoms with Gasteiger partial charge in [-0.25, -0.2) is 0 Å². The molecule has 1 fully saturated rings. The average Bonchev–Trinajstić information content (AvgIpc) is 3.17. The molecule has 0 amide bonds. The fraction of sp³-hybridized carbons (Fsp3) is 0.667. The first-order chi connectivity index (χ1) is 14.3. The smallest absolute Gasteiger partial charge is 0.406 e. The molecule has 1 unspecified atom stereocenters. The molecule has 0 bridgehead atoms. The Hall–Kier alpha value is -1.27. The van der Waals surface area contributed by atoms with E-state index in [1.165, 1.54) is 37.1 Å². The molecule has 10 heteroatoms. The number of methoxy groups -OCH3 is 1. The van der Waals surface area contributed by atoms with Crippen molar-refractivity contribution in [2.24, 2.45) is 10.4 Å². The van der Waals surface area contributed by atoms with Crippen LogP contribution in [0.15, 0.2) is 29.3 Å². The quantitative estimate of drug-likeness (QED) is 0.225. The number of nitrogens with zero attached hydrogens (tertiary/aromatic N) is 1. The van der Waals surface area contributed by atoms with Crippen LogP contribution in [0.3, 0.4) is 0 Å². The van der Waals surface area contributed by atoms with Crippen LogP contribution in [0.25, 0.3) is 0 Å². The van der Waals surface area contributed by atoms with Crippen molar-refractivity contribution in [1.29, 1.82) is 0 Å². The number of aliphatic hydroxyl groups is 1. The fourth-order valence-electron chi connectivity index (χ4n) is 3.72. The van der Waals surface area contributed by atoms with Crippen LogP contribution in [0, 0.1) is 5.41 Å². The Morgan fingerprint density at radius 3 is 2.39 bits per heavy atom. The Kier molecular flexibility index (Phi) is 11.9. The van der Waals surface area contributed by atoms with Gasteiger partial charge in [0.1, 0.15) is 5.75 Å². The van der Waals surface area contributed by atoms with Gasteiger partial charge in [0.25, 0.3) is 0 Å². The molecule has 31 heavy (non-hydrogen) atoms. The maximum absolute atomic E-state index is 12.3. The second kappa shape index (κ2) is 13.3. The lowest BCUT2D eigenvalue weighted by atomic mass is 9.83. The van der Waals surface area contributed by atoms with Crippen molar-refractivity contribution in [2.45, 2.75) is 51.5 Å². The number of ether oxygens (including phenoxy) is 2. The highest BCUT2D eigenvalue weighted by Gasteiger charge is 2.33. The molecular weight excluding hydrogens is 526 g/mol. The Morgan fingerprint density at radius 2 is 1.84 bits per heavy atom. The Morgan fingerprint density at radius 1 is 1.19 bits per heavy atom. The maximum Gasteiger partial charge on any atom is 0.573 e. The minimum absolute atomic E-state index is 0. The van der Waals surface area contributed by atoms with Crippen molar-refractivity contribution in [2.75, 3.05) is 33.4 Å². The SMILES string of the molecule is CCNC(=NCC1(CCOC)CCCC1)NCC(O)c1ccc(OC(F)(F)F)cc1.I. The van der Waals surface area contributed by atoms with Crippen LogP contribution in [-0.4, -0.2) is 50.8 Å². The van der Waals surface area contributed by atoms with E-state index in [1.807, 2.05) is 6.92 Å². The van der Waals surface area contributed by atoms with Crippen LogP contribution >= 0.6 is 24.0 Å². The summed E-state index contributed by atoms with van der Waals surface area (Å²) in [6.45, 7) is 4.22. The van der Waals surface area contributed by atoms with Gasteiger partial charge in [-0.2, -0.15) is 0 Å². The predicted octanol–water partition coefficient (Wildman–Crippen LogP) is 4.39. The third-order valence-corrected chi connectivity index (χ3v) is 5.38. The van der Waals surface area contributed by atoms with Crippen molar-refractivity contribution in [3.8, 4) is 5.75 Å². The van der Waals surface area contributed by atoms with Crippen LogP contribution in [0.5, 0.6) is 5.75 Å². The van der Waals surface area contributed by atoms with Gasteiger partial charge in [-0.1, -0.05) is 25.0 Å². The second-order valence-electron chi connectivity index (χ2n) is 7.66. The van der Waals surface area contributed by atoms with E-state index in [0.717, 1.165) is 19.3 Å². The van der Waals surface area contributed by atoms with E-state index < -0.39 is 12.5 Å². The maximum atomic E-state index is 12.3. The minimum atomic E-state index is -4.74. The number of aliphatic hydroxyl groups excluding tert-OH is 1. The third-order valence-electron chi connectivity index (χ3n) is 5.38. The lowest BCUT2D eigenvalue weighted by Crippen LogP contribution is -2.40. The van der Waals surface area contributed by atoms with Crippen molar-refractivity contribution >= 4 is 29.9 Å². The Bertz CT molecular complexity index is 666. The van der Waals surface area contributed by atoms with E-state index >= 15 is 0 Å². The number of alkyl halides is 3. The summed E-state index contributed by atoms with van der Waals surface area (Å²) in [5, 5.41) is 16.7. The summed E-state index contributed by atoms with van der Waals surface area (Å²) in [5.41, 5.74) is 0.644. The number of guanidine groups is 1. The summed E-state index contributed by atoms with van der Waals surface area (Å²) >= 11 is 0. The van der Waals surface area contributed by atoms with Crippen molar-refractivity contribution in [3.63, 3.8) is 0 Å². The van der Waals surface area contributed by atoms with E-state index in [9.17, 15) is 18.3 Å². The second-order valence-corrected chi connectivity index (χ2v) is 7.66. The van der Waals surface area contributed by atoms with Gasteiger partial charge in [0.05, 0.1) is 6.10 Å². The monoisotopic (exact) mass is 559 g/mol.